The van der Waals surface area contributed by atoms with E-state index in [4.69, 9.17) is 10.5 Å². The van der Waals surface area contributed by atoms with Gasteiger partial charge in [0, 0.05) is 16.3 Å². The predicted octanol–water partition coefficient (Wildman–Crippen LogP) is 1.60. The van der Waals surface area contributed by atoms with E-state index in [1.54, 1.807) is 0 Å². The molecule has 5 nitrogen and oxygen atoms in total. The molecule has 0 spiro atoms. The van der Waals surface area contributed by atoms with Crippen LogP contribution in [0.5, 0.6) is 0 Å². The summed E-state index contributed by atoms with van der Waals surface area (Å²) in [6.45, 7) is 0. The lowest BCUT2D eigenvalue weighted by Gasteiger charge is -2.19. The SMILES string of the molecule is Nc1cccc(SCCS(=O)(=O)NC2CC3CCC2O3)c1. The molecule has 2 heterocycles. The molecule has 21 heavy (non-hydrogen) atoms. The summed E-state index contributed by atoms with van der Waals surface area (Å²) in [6.07, 6.45) is 3.17. The van der Waals surface area contributed by atoms with Gasteiger partial charge in [0.1, 0.15) is 0 Å². The van der Waals surface area contributed by atoms with Crippen molar-refractivity contribution in [2.24, 2.45) is 0 Å². The molecule has 2 fully saturated rings. The number of rotatable bonds is 6. The molecule has 3 atom stereocenters. The zero-order chi connectivity index (χ0) is 14.9. The first-order chi connectivity index (χ1) is 10.0. The van der Waals surface area contributed by atoms with E-state index < -0.39 is 10.0 Å². The van der Waals surface area contributed by atoms with Crippen molar-refractivity contribution in [2.75, 3.05) is 17.2 Å². The van der Waals surface area contributed by atoms with Crippen LogP contribution in [0.15, 0.2) is 29.2 Å². The standard InChI is InChI=1S/C14H20N2O3S2/c15-10-2-1-3-12(8-10)20-6-7-21(17,18)16-13-9-11-4-5-14(13)19-11/h1-3,8,11,13-14,16H,4-7,9,15H2. The van der Waals surface area contributed by atoms with Crippen molar-refractivity contribution in [1.29, 1.82) is 0 Å². The van der Waals surface area contributed by atoms with Crippen LogP contribution < -0.4 is 10.5 Å². The molecule has 0 saturated carbocycles. The molecule has 1 aromatic carbocycles. The van der Waals surface area contributed by atoms with Crippen molar-refractivity contribution in [3.05, 3.63) is 24.3 Å². The van der Waals surface area contributed by atoms with Crippen molar-refractivity contribution in [2.45, 2.75) is 42.4 Å². The van der Waals surface area contributed by atoms with Gasteiger partial charge < -0.3 is 10.5 Å². The summed E-state index contributed by atoms with van der Waals surface area (Å²) >= 11 is 1.50. The molecule has 116 valence electrons. The molecule has 0 amide bonds. The van der Waals surface area contributed by atoms with Gasteiger partial charge in [0.15, 0.2) is 0 Å². The molecule has 7 heteroatoms. The fourth-order valence-corrected chi connectivity index (χ4v) is 5.59. The van der Waals surface area contributed by atoms with Gasteiger partial charge >= 0.3 is 0 Å². The zero-order valence-electron chi connectivity index (χ0n) is 11.7. The molecular formula is C14H20N2O3S2. The molecule has 0 radical (unpaired) electrons. The maximum atomic E-state index is 12.1. The Morgan fingerprint density at radius 1 is 1.38 bits per heavy atom. The normalized spacial score (nSPS) is 28.1. The second-order valence-corrected chi connectivity index (χ2v) is 8.62. The molecule has 0 aromatic heterocycles. The van der Waals surface area contributed by atoms with Crippen LogP contribution in [0, 0.1) is 0 Å². The fraction of sp³-hybridized carbons (Fsp3) is 0.571. The molecule has 2 aliphatic rings. The number of benzene rings is 1. The van der Waals surface area contributed by atoms with Gasteiger partial charge in [-0.15, -0.1) is 11.8 Å². The van der Waals surface area contributed by atoms with Crippen LogP contribution in [-0.2, 0) is 14.8 Å². The number of ether oxygens (including phenoxy) is 1. The molecule has 2 aliphatic heterocycles. The van der Waals surface area contributed by atoms with E-state index >= 15 is 0 Å². The van der Waals surface area contributed by atoms with Gasteiger partial charge in [-0.3, -0.25) is 0 Å². The number of hydrogen-bond donors (Lipinski definition) is 2. The van der Waals surface area contributed by atoms with Gasteiger partial charge in [-0.05, 0) is 37.5 Å². The summed E-state index contributed by atoms with van der Waals surface area (Å²) in [5.74, 6) is 0.626. The minimum absolute atomic E-state index is 0.0360. The smallest absolute Gasteiger partial charge is 0.212 e. The lowest BCUT2D eigenvalue weighted by atomic mass is 9.96. The van der Waals surface area contributed by atoms with Gasteiger partial charge in [0.05, 0.1) is 24.0 Å². The van der Waals surface area contributed by atoms with Gasteiger partial charge in [0.25, 0.3) is 0 Å². The molecule has 3 unspecified atom stereocenters. The molecule has 0 aliphatic carbocycles. The topological polar surface area (TPSA) is 81.4 Å². The van der Waals surface area contributed by atoms with Crippen molar-refractivity contribution < 1.29 is 13.2 Å². The van der Waals surface area contributed by atoms with Crippen molar-refractivity contribution in [3.63, 3.8) is 0 Å². The number of thioether (sulfide) groups is 1. The number of nitrogen functional groups attached to an aromatic ring is 1. The lowest BCUT2D eigenvalue weighted by Crippen LogP contribution is -2.42. The van der Waals surface area contributed by atoms with Crippen LogP contribution >= 0.6 is 11.8 Å². The van der Waals surface area contributed by atoms with Gasteiger partial charge in [-0.2, -0.15) is 0 Å². The van der Waals surface area contributed by atoms with Gasteiger partial charge in [-0.1, -0.05) is 6.07 Å². The number of sulfonamides is 1. The first-order valence-corrected chi connectivity index (χ1v) is 9.79. The summed E-state index contributed by atoms with van der Waals surface area (Å²) in [6, 6.07) is 7.44. The molecule has 3 rings (SSSR count). The number of hydrogen-bond acceptors (Lipinski definition) is 5. The van der Waals surface area contributed by atoms with E-state index in [1.807, 2.05) is 24.3 Å². The Bertz CT molecular complexity index is 606. The average Bonchev–Trinajstić information content (AvgIpc) is 3.00. The Kier molecular flexibility index (Phi) is 4.44. The highest BCUT2D eigenvalue weighted by Crippen LogP contribution is 2.34. The quantitative estimate of drug-likeness (QED) is 0.612. The third kappa shape index (κ3) is 3.91. The lowest BCUT2D eigenvalue weighted by molar-refractivity contribution is 0.0996. The maximum Gasteiger partial charge on any atom is 0.212 e. The van der Waals surface area contributed by atoms with Crippen molar-refractivity contribution in [1.82, 2.24) is 4.72 Å². The summed E-state index contributed by atoms with van der Waals surface area (Å²) < 4.78 is 32.7. The summed E-state index contributed by atoms with van der Waals surface area (Å²) in [4.78, 5) is 0.994. The Labute approximate surface area is 129 Å². The first kappa shape index (κ1) is 15.1. The Morgan fingerprint density at radius 3 is 2.90 bits per heavy atom. The van der Waals surface area contributed by atoms with E-state index in [2.05, 4.69) is 4.72 Å². The van der Waals surface area contributed by atoms with Crippen LogP contribution in [0.25, 0.3) is 0 Å². The fourth-order valence-electron chi connectivity index (χ4n) is 2.92. The van der Waals surface area contributed by atoms with Crippen LogP contribution in [0.3, 0.4) is 0 Å². The number of fused-ring (bicyclic) bond motifs is 2. The van der Waals surface area contributed by atoms with Crippen LogP contribution in [0.1, 0.15) is 19.3 Å². The van der Waals surface area contributed by atoms with Crippen molar-refractivity contribution in [3.8, 4) is 0 Å². The summed E-state index contributed by atoms with van der Waals surface area (Å²) in [5.41, 5.74) is 6.40. The number of nitrogens with one attached hydrogen (secondary N) is 1. The third-order valence-corrected chi connectivity index (χ3v) is 6.57. The van der Waals surface area contributed by atoms with Crippen LogP contribution in [0.4, 0.5) is 5.69 Å². The van der Waals surface area contributed by atoms with Crippen molar-refractivity contribution >= 4 is 27.5 Å². The summed E-state index contributed by atoms with van der Waals surface area (Å²) in [7, 11) is -3.25. The monoisotopic (exact) mass is 328 g/mol. The number of anilines is 1. The van der Waals surface area contributed by atoms with E-state index in [1.165, 1.54) is 11.8 Å². The average molecular weight is 328 g/mol. The van der Waals surface area contributed by atoms with E-state index in [-0.39, 0.29) is 24.0 Å². The van der Waals surface area contributed by atoms with E-state index in [0.717, 1.165) is 24.2 Å². The van der Waals surface area contributed by atoms with E-state index in [0.29, 0.717) is 11.4 Å². The molecule has 2 bridgehead atoms. The Balaban J connectivity index is 1.48. The predicted molar refractivity (Wildman–Crippen MR) is 84.8 cm³/mol. The molecule has 3 N–H and O–H groups in total. The largest absolute Gasteiger partial charge is 0.399 e. The Morgan fingerprint density at radius 2 is 2.24 bits per heavy atom. The zero-order valence-corrected chi connectivity index (χ0v) is 13.3. The highest BCUT2D eigenvalue weighted by molar-refractivity contribution is 8.00. The second kappa shape index (κ2) is 6.16. The Hall–Kier alpha value is -0.760. The summed E-state index contributed by atoms with van der Waals surface area (Å²) in [5, 5.41) is 0. The van der Waals surface area contributed by atoms with Gasteiger partial charge in [-0.25, -0.2) is 13.1 Å². The highest BCUT2D eigenvalue weighted by atomic mass is 32.2. The van der Waals surface area contributed by atoms with E-state index in [9.17, 15) is 8.42 Å². The van der Waals surface area contributed by atoms with Crippen LogP contribution in [0.2, 0.25) is 0 Å². The minimum Gasteiger partial charge on any atom is -0.399 e. The molecular weight excluding hydrogens is 308 g/mol. The molecule has 1 aromatic rings. The third-order valence-electron chi connectivity index (χ3n) is 3.92. The number of nitrogens with two attached hydrogens (primary N) is 1. The minimum atomic E-state index is -3.25. The maximum absolute atomic E-state index is 12.1. The highest BCUT2D eigenvalue weighted by Gasteiger charge is 2.42. The first-order valence-electron chi connectivity index (χ1n) is 7.16. The second-order valence-electron chi connectivity index (χ2n) is 5.57. The van der Waals surface area contributed by atoms with Crippen LogP contribution in [-0.4, -0.2) is 38.2 Å². The van der Waals surface area contributed by atoms with Gasteiger partial charge in [0.2, 0.25) is 10.0 Å². The molecule has 2 saturated heterocycles.